The number of ether oxygens (including phenoxy) is 1. The predicted octanol–water partition coefficient (Wildman–Crippen LogP) is 2.34. The van der Waals surface area contributed by atoms with Gasteiger partial charge in [-0.15, -0.1) is 0 Å². The quantitative estimate of drug-likeness (QED) is 0.607. The summed E-state index contributed by atoms with van der Waals surface area (Å²) >= 11 is 0. The summed E-state index contributed by atoms with van der Waals surface area (Å²) < 4.78 is 11.6. The van der Waals surface area contributed by atoms with Crippen molar-refractivity contribution in [2.45, 2.75) is 94.2 Å². The third kappa shape index (κ3) is 2.07. The fraction of sp³-hybridized carbons (Fsp3) is 0.792. The molecule has 5 fully saturated rings. The molecular formula is C24H32O6. The molecule has 30 heavy (non-hydrogen) atoms. The predicted molar refractivity (Wildman–Crippen MR) is 108 cm³/mol. The highest BCUT2D eigenvalue weighted by Crippen LogP contribution is 2.78. The lowest BCUT2D eigenvalue weighted by molar-refractivity contribution is -0.224. The van der Waals surface area contributed by atoms with Gasteiger partial charge in [-0.05, 0) is 67.4 Å². The smallest absolute Gasteiger partial charge is 0.335 e. The summed E-state index contributed by atoms with van der Waals surface area (Å²) in [5.41, 5.74) is -1.17. The number of fused-ring (bicyclic) bond motifs is 3. The molecule has 1 saturated heterocycles. The first-order chi connectivity index (χ1) is 14.2. The molecule has 2 heterocycles. The van der Waals surface area contributed by atoms with E-state index in [0.717, 1.165) is 37.7 Å². The fourth-order valence-electron chi connectivity index (χ4n) is 8.81. The Morgan fingerprint density at radius 3 is 2.47 bits per heavy atom. The molecule has 164 valence electrons. The molecule has 6 nitrogen and oxygen atoms in total. The number of aliphatic hydroxyl groups is 3. The van der Waals surface area contributed by atoms with Crippen molar-refractivity contribution in [3.63, 3.8) is 0 Å². The molecule has 4 saturated carbocycles. The minimum atomic E-state index is -0.819. The van der Waals surface area contributed by atoms with Gasteiger partial charge in [-0.1, -0.05) is 13.8 Å². The van der Waals surface area contributed by atoms with Crippen molar-refractivity contribution in [2.24, 2.45) is 22.7 Å². The van der Waals surface area contributed by atoms with Crippen LogP contribution in [0.1, 0.15) is 70.3 Å². The topological polar surface area (TPSA) is 103 Å². The van der Waals surface area contributed by atoms with E-state index in [9.17, 15) is 20.1 Å². The molecule has 0 amide bonds. The van der Waals surface area contributed by atoms with Crippen LogP contribution in [0.5, 0.6) is 0 Å². The van der Waals surface area contributed by atoms with Crippen molar-refractivity contribution >= 4 is 0 Å². The summed E-state index contributed by atoms with van der Waals surface area (Å²) in [6.45, 7) is 4.46. The molecule has 1 aromatic heterocycles. The van der Waals surface area contributed by atoms with Crippen molar-refractivity contribution < 1.29 is 24.5 Å². The number of rotatable bonds is 1. The lowest BCUT2D eigenvalue weighted by Crippen LogP contribution is -2.65. The Labute approximate surface area is 176 Å². The van der Waals surface area contributed by atoms with Crippen LogP contribution in [0, 0.1) is 22.7 Å². The van der Waals surface area contributed by atoms with Crippen molar-refractivity contribution in [1.82, 2.24) is 0 Å². The molecule has 0 bridgehead atoms. The standard InChI is InChI=1S/C24H32O6/c1-21-8-5-14(25)11-23(21,28)10-7-16-15(21)6-9-22(2)18(13-3-4-17(26)29-12-13)19(27)20-24(16,22)30-20/h3-4,12,14-16,18-20,25,27-28H,5-11H2,1-2H3/t14-,15+,16-,18+,19-,20-,21-,22-,23+,24?/m1/s1. The van der Waals surface area contributed by atoms with Gasteiger partial charge in [0.25, 0.3) is 0 Å². The zero-order valence-electron chi connectivity index (χ0n) is 17.7. The maximum atomic E-state index is 11.6. The Bertz CT molecular complexity index is 923. The van der Waals surface area contributed by atoms with E-state index in [1.54, 1.807) is 6.07 Å². The molecule has 0 radical (unpaired) electrons. The number of epoxide rings is 1. The van der Waals surface area contributed by atoms with Crippen LogP contribution in [-0.2, 0) is 4.74 Å². The zero-order chi connectivity index (χ0) is 21.1. The SMILES string of the molecule is C[C@]12CC[C@H]3[C@@H](CC[C@]4(O)C[C@H](O)CC[C@]34C)C13O[C@@H]3[C@H](O)[C@@H]2c1ccc(=O)oc1. The normalized spacial score (nSPS) is 56.4. The first-order valence-electron chi connectivity index (χ1n) is 11.5. The second kappa shape index (κ2) is 5.77. The first kappa shape index (κ1) is 19.5. The van der Waals surface area contributed by atoms with Crippen LogP contribution in [0.15, 0.2) is 27.6 Å². The van der Waals surface area contributed by atoms with Crippen LogP contribution in [0.2, 0.25) is 0 Å². The Morgan fingerprint density at radius 1 is 1.00 bits per heavy atom. The van der Waals surface area contributed by atoms with E-state index in [2.05, 4.69) is 13.8 Å². The molecule has 6 heteroatoms. The summed E-state index contributed by atoms with van der Waals surface area (Å²) in [6.07, 6.45) is 5.74. The monoisotopic (exact) mass is 416 g/mol. The second-order valence-electron chi connectivity index (χ2n) is 11.2. The summed E-state index contributed by atoms with van der Waals surface area (Å²) in [7, 11) is 0. The van der Waals surface area contributed by atoms with Gasteiger partial charge in [0.05, 0.1) is 24.1 Å². The van der Waals surface area contributed by atoms with Crippen molar-refractivity contribution in [3.8, 4) is 0 Å². The molecule has 1 aromatic rings. The second-order valence-corrected chi connectivity index (χ2v) is 11.2. The van der Waals surface area contributed by atoms with Gasteiger partial charge in [0, 0.05) is 23.8 Å². The molecule has 3 N–H and O–H groups in total. The van der Waals surface area contributed by atoms with E-state index in [1.165, 1.54) is 12.3 Å². The van der Waals surface area contributed by atoms with Crippen LogP contribution in [0.25, 0.3) is 0 Å². The molecule has 1 aliphatic heterocycles. The third-order valence-electron chi connectivity index (χ3n) is 10.3. The lowest BCUT2D eigenvalue weighted by atomic mass is 9.42. The minimum absolute atomic E-state index is 0.122. The van der Waals surface area contributed by atoms with Crippen LogP contribution in [0.3, 0.4) is 0 Å². The van der Waals surface area contributed by atoms with Gasteiger partial charge < -0.3 is 24.5 Å². The maximum absolute atomic E-state index is 11.6. The van der Waals surface area contributed by atoms with Crippen molar-refractivity contribution in [3.05, 3.63) is 34.4 Å². The number of hydrogen-bond donors (Lipinski definition) is 3. The summed E-state index contributed by atoms with van der Waals surface area (Å²) in [5, 5.41) is 33.1. The fourth-order valence-corrected chi connectivity index (χ4v) is 8.81. The van der Waals surface area contributed by atoms with E-state index in [0.29, 0.717) is 18.8 Å². The average Bonchev–Trinajstić information content (AvgIpc) is 3.41. The Balaban J connectivity index is 1.40. The maximum Gasteiger partial charge on any atom is 0.335 e. The first-order valence-corrected chi connectivity index (χ1v) is 11.5. The zero-order valence-corrected chi connectivity index (χ0v) is 17.7. The molecule has 1 spiro atoms. The van der Waals surface area contributed by atoms with Crippen LogP contribution in [0.4, 0.5) is 0 Å². The van der Waals surface area contributed by atoms with Crippen LogP contribution >= 0.6 is 0 Å². The van der Waals surface area contributed by atoms with Gasteiger partial charge in [0.2, 0.25) is 0 Å². The molecule has 10 atom stereocenters. The Kier molecular flexibility index (Phi) is 3.75. The van der Waals surface area contributed by atoms with Crippen molar-refractivity contribution in [2.75, 3.05) is 0 Å². The molecular weight excluding hydrogens is 384 g/mol. The number of hydrogen-bond acceptors (Lipinski definition) is 6. The molecule has 5 aliphatic rings. The van der Waals surface area contributed by atoms with Crippen molar-refractivity contribution in [1.29, 1.82) is 0 Å². The third-order valence-corrected chi connectivity index (χ3v) is 10.3. The number of aliphatic hydroxyl groups excluding tert-OH is 2. The highest BCUT2D eigenvalue weighted by atomic mass is 16.6. The minimum Gasteiger partial charge on any atom is -0.431 e. The van der Waals surface area contributed by atoms with E-state index in [1.807, 2.05) is 0 Å². The molecule has 1 unspecified atom stereocenters. The average molecular weight is 417 g/mol. The molecule has 6 rings (SSSR count). The largest absolute Gasteiger partial charge is 0.431 e. The van der Waals surface area contributed by atoms with Gasteiger partial charge in [-0.25, -0.2) is 4.79 Å². The highest BCUT2D eigenvalue weighted by Gasteiger charge is 2.84. The van der Waals surface area contributed by atoms with E-state index < -0.39 is 17.8 Å². The Morgan fingerprint density at radius 2 is 1.73 bits per heavy atom. The summed E-state index contributed by atoms with van der Waals surface area (Å²) in [6, 6.07) is 3.22. The molecule has 0 aromatic carbocycles. The van der Waals surface area contributed by atoms with Gasteiger partial charge in [-0.3, -0.25) is 0 Å². The van der Waals surface area contributed by atoms with Gasteiger partial charge in [0.1, 0.15) is 11.7 Å². The van der Waals surface area contributed by atoms with Gasteiger partial charge >= 0.3 is 5.63 Å². The summed E-state index contributed by atoms with van der Waals surface area (Å²) in [5.74, 6) is 0.488. The lowest BCUT2D eigenvalue weighted by Gasteiger charge is -2.63. The van der Waals surface area contributed by atoms with E-state index >= 15 is 0 Å². The van der Waals surface area contributed by atoms with E-state index in [-0.39, 0.29) is 40.0 Å². The Hall–Kier alpha value is -1.21. The van der Waals surface area contributed by atoms with Gasteiger partial charge in [-0.2, -0.15) is 0 Å². The van der Waals surface area contributed by atoms with E-state index in [4.69, 9.17) is 9.15 Å². The van der Waals surface area contributed by atoms with Crippen LogP contribution < -0.4 is 5.63 Å². The highest BCUT2D eigenvalue weighted by molar-refractivity contribution is 5.38. The van der Waals surface area contributed by atoms with Crippen LogP contribution in [-0.4, -0.2) is 44.8 Å². The molecule has 4 aliphatic carbocycles. The summed E-state index contributed by atoms with van der Waals surface area (Å²) in [4.78, 5) is 11.5. The van der Waals surface area contributed by atoms with Gasteiger partial charge in [0.15, 0.2) is 0 Å².